The molecule has 0 radical (unpaired) electrons. The number of nitrogens with zero attached hydrogens (tertiary/aromatic N) is 5. The minimum Gasteiger partial charge on any atom is -0.342 e. The van der Waals surface area contributed by atoms with Crippen LogP contribution in [0.15, 0.2) is 47.5 Å². The molecule has 7 rings (SSSR count). The monoisotopic (exact) mass is 442 g/mol. The quantitative estimate of drug-likeness (QED) is 0.447. The lowest BCUT2D eigenvalue weighted by atomic mass is 9.73. The second-order valence-corrected chi connectivity index (χ2v) is 9.87. The average Bonchev–Trinajstić information content (AvgIpc) is 3.17. The number of aromatic amines is 2. The number of nitrogens with two attached hydrogens (primary N) is 1. The molecule has 4 aromatic rings. The summed E-state index contributed by atoms with van der Waals surface area (Å²) < 4.78 is 1.92. The summed E-state index contributed by atoms with van der Waals surface area (Å²) in [6.07, 6.45) is 8.51. The molecule has 1 aliphatic heterocycles. The third kappa shape index (κ3) is 2.62. The first-order valence-electron chi connectivity index (χ1n) is 11.7. The lowest BCUT2D eigenvalue weighted by molar-refractivity contribution is 0.187. The predicted molar refractivity (Wildman–Crippen MR) is 124 cm³/mol. The molecule has 9 heteroatoms. The van der Waals surface area contributed by atoms with E-state index in [1.807, 2.05) is 16.9 Å². The summed E-state index contributed by atoms with van der Waals surface area (Å²) in [5, 5.41) is 12.5. The lowest BCUT2D eigenvalue weighted by Gasteiger charge is -2.42. The highest BCUT2D eigenvalue weighted by Gasteiger charge is 2.50. The second-order valence-electron chi connectivity index (χ2n) is 9.87. The first-order chi connectivity index (χ1) is 16.1. The van der Waals surface area contributed by atoms with Crippen LogP contribution in [0.4, 0.5) is 5.95 Å². The van der Waals surface area contributed by atoms with Gasteiger partial charge in [0.05, 0.1) is 5.69 Å². The van der Waals surface area contributed by atoms with E-state index < -0.39 is 0 Å². The van der Waals surface area contributed by atoms with Crippen LogP contribution in [-0.4, -0.2) is 43.0 Å². The molecule has 1 atom stereocenters. The Morgan fingerprint density at radius 1 is 1.09 bits per heavy atom. The van der Waals surface area contributed by atoms with Crippen molar-refractivity contribution in [2.24, 2.45) is 11.1 Å². The Hall–Kier alpha value is -3.46. The first-order valence-corrected chi connectivity index (χ1v) is 11.7. The number of fused-ring (bicyclic) bond motifs is 2. The van der Waals surface area contributed by atoms with Crippen LogP contribution in [0.3, 0.4) is 0 Å². The van der Waals surface area contributed by atoms with Crippen LogP contribution in [0.1, 0.15) is 48.5 Å². The van der Waals surface area contributed by atoms with E-state index in [2.05, 4.69) is 49.4 Å². The number of anilines is 1. The van der Waals surface area contributed by atoms with Gasteiger partial charge in [-0.2, -0.15) is 15.2 Å². The summed E-state index contributed by atoms with van der Waals surface area (Å²) in [6.45, 7) is 1.62. The van der Waals surface area contributed by atoms with Gasteiger partial charge in [0, 0.05) is 31.5 Å². The first kappa shape index (κ1) is 19.0. The second kappa shape index (κ2) is 6.54. The van der Waals surface area contributed by atoms with Crippen LogP contribution in [0.5, 0.6) is 0 Å². The summed E-state index contributed by atoms with van der Waals surface area (Å²) in [6, 6.07) is 10.5. The maximum Gasteiger partial charge on any atom is 0.263 e. The highest BCUT2D eigenvalue weighted by molar-refractivity contribution is 5.79. The number of nitrogens with one attached hydrogen (secondary N) is 2. The Morgan fingerprint density at radius 2 is 1.91 bits per heavy atom. The maximum atomic E-state index is 13.2. The minimum atomic E-state index is -0.320. The summed E-state index contributed by atoms with van der Waals surface area (Å²) in [4.78, 5) is 23.1. The zero-order chi connectivity index (χ0) is 22.2. The molecule has 3 aliphatic rings. The molecule has 1 saturated carbocycles. The van der Waals surface area contributed by atoms with Crippen LogP contribution >= 0.6 is 0 Å². The van der Waals surface area contributed by atoms with Crippen molar-refractivity contribution in [2.45, 2.75) is 43.7 Å². The minimum absolute atomic E-state index is 0.0660. The third-order valence-electron chi connectivity index (χ3n) is 8.19. The summed E-state index contributed by atoms with van der Waals surface area (Å²) in [5.74, 6) is 0.591. The average molecular weight is 443 g/mol. The molecule has 1 spiro atoms. The molecule has 33 heavy (non-hydrogen) atoms. The van der Waals surface area contributed by atoms with Gasteiger partial charge in [-0.1, -0.05) is 24.3 Å². The van der Waals surface area contributed by atoms with E-state index in [1.165, 1.54) is 11.1 Å². The Balaban J connectivity index is 1.17. The summed E-state index contributed by atoms with van der Waals surface area (Å²) in [7, 11) is 0. The Bertz CT molecular complexity index is 1410. The molecule has 0 unspecified atom stereocenters. The van der Waals surface area contributed by atoms with Crippen molar-refractivity contribution in [3.8, 4) is 0 Å². The highest BCUT2D eigenvalue weighted by atomic mass is 16.1. The van der Waals surface area contributed by atoms with Gasteiger partial charge >= 0.3 is 0 Å². The van der Waals surface area contributed by atoms with E-state index in [-0.39, 0.29) is 22.6 Å². The van der Waals surface area contributed by atoms with Gasteiger partial charge in [0.1, 0.15) is 10.9 Å². The molecular formula is C24H26N8O. The van der Waals surface area contributed by atoms with Gasteiger partial charge in [-0.25, -0.2) is 0 Å². The van der Waals surface area contributed by atoms with Crippen molar-refractivity contribution < 1.29 is 0 Å². The van der Waals surface area contributed by atoms with E-state index in [0.29, 0.717) is 17.0 Å². The van der Waals surface area contributed by atoms with E-state index >= 15 is 0 Å². The maximum absolute atomic E-state index is 13.2. The molecule has 4 heterocycles. The number of H-pyrrole nitrogens is 2. The Labute approximate surface area is 190 Å². The number of hydrogen-bond acceptors (Lipinski definition) is 6. The SMILES string of the molecule is N[C@@H]1c2ccccc2CC12CCN(c1nc3n[nH]c(C4(n5cccn5)CC4)c3c(=O)[nH]1)CC2. The molecule has 0 bridgehead atoms. The standard InChI is InChI=1S/C24H26N8O/c25-18-16-5-2-1-4-15(16)14-23(18)8-12-31(13-9-23)22-27-20-17(21(33)28-22)19(29-30-20)24(6-7-24)32-11-3-10-26-32/h1-5,10-11,18H,6-9,12-14,25H2,(H2,27,28,29,30,33)/t18-/m1/s1. The highest BCUT2D eigenvalue weighted by Crippen LogP contribution is 2.51. The van der Waals surface area contributed by atoms with E-state index in [0.717, 1.165) is 50.9 Å². The molecular weight excluding hydrogens is 416 g/mol. The zero-order valence-corrected chi connectivity index (χ0v) is 18.3. The normalized spacial score (nSPS) is 22.7. The molecule has 2 aliphatic carbocycles. The van der Waals surface area contributed by atoms with Gasteiger partial charge in [-0.3, -0.25) is 19.6 Å². The number of piperidine rings is 1. The fourth-order valence-corrected chi connectivity index (χ4v) is 6.11. The molecule has 168 valence electrons. The van der Waals surface area contributed by atoms with Crippen molar-refractivity contribution in [2.75, 3.05) is 18.0 Å². The Morgan fingerprint density at radius 3 is 2.64 bits per heavy atom. The predicted octanol–water partition coefficient (Wildman–Crippen LogP) is 2.22. The fourth-order valence-electron chi connectivity index (χ4n) is 6.11. The number of aromatic nitrogens is 6. The van der Waals surface area contributed by atoms with Crippen molar-refractivity contribution in [3.05, 3.63) is 69.9 Å². The van der Waals surface area contributed by atoms with Gasteiger partial charge in [0.25, 0.3) is 5.56 Å². The third-order valence-corrected chi connectivity index (χ3v) is 8.19. The van der Waals surface area contributed by atoms with Crippen molar-refractivity contribution in [1.82, 2.24) is 29.9 Å². The zero-order valence-electron chi connectivity index (χ0n) is 18.3. The van der Waals surface area contributed by atoms with Gasteiger partial charge in [0.15, 0.2) is 5.65 Å². The van der Waals surface area contributed by atoms with Crippen LogP contribution in [-0.2, 0) is 12.0 Å². The van der Waals surface area contributed by atoms with Gasteiger partial charge in [-0.15, -0.1) is 0 Å². The van der Waals surface area contributed by atoms with Crippen LogP contribution in [0.25, 0.3) is 11.0 Å². The molecule has 1 saturated heterocycles. The van der Waals surface area contributed by atoms with Gasteiger partial charge in [-0.05, 0) is 54.7 Å². The molecule has 9 nitrogen and oxygen atoms in total. The van der Waals surface area contributed by atoms with Crippen molar-refractivity contribution in [1.29, 1.82) is 0 Å². The summed E-state index contributed by atoms with van der Waals surface area (Å²) in [5.41, 5.74) is 10.3. The number of benzene rings is 1. The smallest absolute Gasteiger partial charge is 0.263 e. The summed E-state index contributed by atoms with van der Waals surface area (Å²) >= 11 is 0. The Kier molecular flexibility index (Phi) is 3.77. The van der Waals surface area contributed by atoms with Crippen LogP contribution < -0.4 is 16.2 Å². The van der Waals surface area contributed by atoms with Crippen molar-refractivity contribution >= 4 is 17.0 Å². The molecule has 1 aromatic carbocycles. The van der Waals surface area contributed by atoms with E-state index in [9.17, 15) is 4.79 Å². The fraction of sp³-hybridized carbons (Fsp3) is 0.417. The van der Waals surface area contributed by atoms with Crippen LogP contribution in [0, 0.1) is 5.41 Å². The molecule has 0 amide bonds. The molecule has 4 N–H and O–H groups in total. The van der Waals surface area contributed by atoms with Gasteiger partial charge in [0.2, 0.25) is 5.95 Å². The molecule has 3 aromatic heterocycles. The van der Waals surface area contributed by atoms with E-state index in [4.69, 9.17) is 10.7 Å². The van der Waals surface area contributed by atoms with E-state index in [1.54, 1.807) is 6.20 Å². The number of rotatable bonds is 3. The van der Waals surface area contributed by atoms with Crippen LogP contribution in [0.2, 0.25) is 0 Å². The van der Waals surface area contributed by atoms with Crippen molar-refractivity contribution in [3.63, 3.8) is 0 Å². The number of hydrogen-bond donors (Lipinski definition) is 3. The van der Waals surface area contributed by atoms with Gasteiger partial charge < -0.3 is 10.6 Å². The molecule has 2 fully saturated rings. The largest absolute Gasteiger partial charge is 0.342 e. The lowest BCUT2D eigenvalue weighted by Crippen LogP contribution is -2.45. The topological polar surface area (TPSA) is 122 Å².